The quantitative estimate of drug-likeness (QED) is 0.414. The Balaban J connectivity index is 1.93. The molecule has 0 unspecified atom stereocenters. The number of aryl methyl sites for hydroxylation is 2. The maximum Gasteiger partial charge on any atom is 0.261 e. The van der Waals surface area contributed by atoms with E-state index in [0.717, 1.165) is 11.6 Å². The Bertz CT molecular complexity index is 1010. The molecule has 0 aliphatic heterocycles. The Morgan fingerprint density at radius 3 is 2.67 bits per heavy atom. The van der Waals surface area contributed by atoms with Gasteiger partial charge in [-0.25, -0.2) is 13.8 Å². The highest BCUT2D eigenvalue weighted by atomic mass is 19.1. The first-order valence-corrected chi connectivity index (χ1v) is 7.07. The van der Waals surface area contributed by atoms with E-state index in [4.69, 9.17) is 5.53 Å². The lowest BCUT2D eigenvalue weighted by Crippen LogP contribution is -2.21. The van der Waals surface area contributed by atoms with Crippen LogP contribution in [-0.2, 0) is 13.0 Å². The molecule has 6 nitrogen and oxygen atoms in total. The zero-order valence-corrected chi connectivity index (χ0v) is 12.4. The third-order valence-corrected chi connectivity index (χ3v) is 3.60. The molecule has 1 heterocycles. The topological polar surface area (TPSA) is 83.7 Å². The van der Waals surface area contributed by atoms with E-state index in [1.165, 1.54) is 29.1 Å². The number of hydrogen-bond acceptors (Lipinski definition) is 3. The molecule has 24 heavy (non-hydrogen) atoms. The van der Waals surface area contributed by atoms with E-state index in [0.29, 0.717) is 13.0 Å². The number of fused-ring (bicyclic) bond motifs is 1. The van der Waals surface area contributed by atoms with Crippen LogP contribution in [0.15, 0.2) is 52.6 Å². The number of nitrogens with zero attached hydrogens (tertiary/aromatic N) is 5. The number of benzene rings is 2. The maximum absolute atomic E-state index is 13.8. The fourth-order valence-corrected chi connectivity index (χ4v) is 2.35. The fraction of sp³-hybridized carbons (Fsp3) is 0.125. The van der Waals surface area contributed by atoms with Gasteiger partial charge in [-0.3, -0.25) is 9.36 Å². The Morgan fingerprint density at radius 1 is 1.21 bits per heavy atom. The fourth-order valence-electron chi connectivity index (χ4n) is 2.35. The second-order valence-corrected chi connectivity index (χ2v) is 5.13. The molecule has 0 radical (unpaired) electrons. The van der Waals surface area contributed by atoms with Gasteiger partial charge in [0.15, 0.2) is 0 Å². The second-order valence-electron chi connectivity index (χ2n) is 5.13. The molecule has 0 bridgehead atoms. The number of halogens is 2. The van der Waals surface area contributed by atoms with E-state index in [-0.39, 0.29) is 22.4 Å². The molecule has 0 aliphatic rings. The van der Waals surface area contributed by atoms with Gasteiger partial charge in [0.05, 0.1) is 22.9 Å². The number of aromatic nitrogens is 2. The van der Waals surface area contributed by atoms with Gasteiger partial charge >= 0.3 is 0 Å². The van der Waals surface area contributed by atoms with Crippen LogP contribution in [0, 0.1) is 11.6 Å². The Morgan fingerprint density at radius 2 is 1.96 bits per heavy atom. The number of rotatable bonds is 4. The molecule has 0 saturated heterocycles. The van der Waals surface area contributed by atoms with Crippen LogP contribution in [0.2, 0.25) is 0 Å². The van der Waals surface area contributed by atoms with E-state index in [9.17, 15) is 13.6 Å². The van der Waals surface area contributed by atoms with E-state index in [2.05, 4.69) is 15.0 Å². The lowest BCUT2D eigenvalue weighted by Gasteiger charge is -2.07. The van der Waals surface area contributed by atoms with Gasteiger partial charge in [-0.15, -0.1) is 0 Å². The first-order valence-electron chi connectivity index (χ1n) is 7.07. The van der Waals surface area contributed by atoms with Gasteiger partial charge in [0.2, 0.25) is 0 Å². The highest BCUT2D eigenvalue weighted by Crippen LogP contribution is 2.22. The monoisotopic (exact) mass is 327 g/mol. The summed E-state index contributed by atoms with van der Waals surface area (Å²) in [6.07, 6.45) is 1.86. The maximum atomic E-state index is 13.8. The average molecular weight is 327 g/mol. The van der Waals surface area contributed by atoms with Gasteiger partial charge in [-0.2, -0.15) is 0 Å². The number of hydrogen-bond donors (Lipinski definition) is 0. The minimum absolute atomic E-state index is 0.103. The highest BCUT2D eigenvalue weighted by molar-refractivity contribution is 5.80. The average Bonchev–Trinajstić information content (AvgIpc) is 2.57. The van der Waals surface area contributed by atoms with Crippen LogP contribution in [0.25, 0.3) is 21.3 Å². The SMILES string of the molecule is [N-]=[N+]=Nc1cc2ncn(CCc3ccc(F)cc3)c(=O)c2cc1F. The van der Waals surface area contributed by atoms with Gasteiger partial charge in [0, 0.05) is 11.5 Å². The normalized spacial score (nSPS) is 10.6. The van der Waals surface area contributed by atoms with Crippen molar-refractivity contribution < 1.29 is 8.78 Å². The molecule has 0 fully saturated rings. The highest BCUT2D eigenvalue weighted by Gasteiger charge is 2.09. The molecule has 120 valence electrons. The van der Waals surface area contributed by atoms with Crippen molar-refractivity contribution in [3.8, 4) is 0 Å². The summed E-state index contributed by atoms with van der Waals surface area (Å²) in [6.45, 7) is 0.327. The molecular formula is C16H11F2N5O. The summed E-state index contributed by atoms with van der Waals surface area (Å²) in [5.74, 6) is -1.11. The van der Waals surface area contributed by atoms with Crippen LogP contribution >= 0.6 is 0 Å². The third kappa shape index (κ3) is 3.09. The van der Waals surface area contributed by atoms with Crippen LogP contribution in [-0.4, -0.2) is 9.55 Å². The van der Waals surface area contributed by atoms with Crippen LogP contribution in [0.3, 0.4) is 0 Å². The number of azide groups is 1. The van der Waals surface area contributed by atoms with Crippen molar-refractivity contribution in [3.05, 3.63) is 80.7 Å². The third-order valence-electron chi connectivity index (χ3n) is 3.60. The summed E-state index contributed by atoms with van der Waals surface area (Å²) in [6, 6.07) is 8.23. The smallest absolute Gasteiger partial charge is 0.261 e. The van der Waals surface area contributed by atoms with E-state index < -0.39 is 11.4 Å². The van der Waals surface area contributed by atoms with Crippen molar-refractivity contribution in [1.82, 2.24) is 9.55 Å². The predicted octanol–water partition coefficient (Wildman–Crippen LogP) is 3.86. The summed E-state index contributed by atoms with van der Waals surface area (Å²) in [5.41, 5.74) is 8.91. The zero-order valence-electron chi connectivity index (χ0n) is 12.4. The largest absolute Gasteiger partial charge is 0.298 e. The Labute approximate surface area is 134 Å². The molecule has 1 aromatic heterocycles. The first kappa shape index (κ1) is 15.6. The van der Waals surface area contributed by atoms with Crippen LogP contribution in [0.1, 0.15) is 5.56 Å². The van der Waals surface area contributed by atoms with Gasteiger partial charge in [-0.05, 0) is 41.8 Å². The van der Waals surface area contributed by atoms with Crippen LogP contribution in [0.5, 0.6) is 0 Å². The van der Waals surface area contributed by atoms with Crippen molar-refractivity contribution in [2.45, 2.75) is 13.0 Å². The standard InChI is InChI=1S/C16H11F2N5O/c17-11-3-1-10(2-4-11)5-6-23-9-20-14-8-15(21-22-19)13(18)7-12(14)16(23)24/h1-4,7-9H,5-6H2. The minimum Gasteiger partial charge on any atom is -0.298 e. The van der Waals surface area contributed by atoms with Crippen molar-refractivity contribution in [3.63, 3.8) is 0 Å². The summed E-state index contributed by atoms with van der Waals surface area (Å²) in [7, 11) is 0. The summed E-state index contributed by atoms with van der Waals surface area (Å²) < 4.78 is 28.1. The molecule has 3 aromatic rings. The zero-order chi connectivity index (χ0) is 17.1. The van der Waals surface area contributed by atoms with Crippen molar-refractivity contribution in [2.75, 3.05) is 0 Å². The molecule has 0 atom stereocenters. The summed E-state index contributed by atoms with van der Waals surface area (Å²) >= 11 is 0. The van der Waals surface area contributed by atoms with Gasteiger partial charge in [0.25, 0.3) is 5.56 Å². The molecular weight excluding hydrogens is 316 g/mol. The Hall–Kier alpha value is -3.25. The van der Waals surface area contributed by atoms with Gasteiger partial charge in [-0.1, -0.05) is 17.2 Å². The van der Waals surface area contributed by atoms with Gasteiger partial charge in [0.1, 0.15) is 11.6 Å². The lowest BCUT2D eigenvalue weighted by molar-refractivity contribution is 0.623. The van der Waals surface area contributed by atoms with Crippen molar-refractivity contribution in [1.29, 1.82) is 0 Å². The van der Waals surface area contributed by atoms with E-state index in [1.807, 2.05) is 0 Å². The van der Waals surface area contributed by atoms with Crippen LogP contribution in [0.4, 0.5) is 14.5 Å². The predicted molar refractivity (Wildman–Crippen MR) is 84.9 cm³/mol. The molecule has 3 rings (SSSR count). The lowest BCUT2D eigenvalue weighted by atomic mass is 10.1. The summed E-state index contributed by atoms with van der Waals surface area (Å²) in [4.78, 5) is 19.1. The molecule has 0 saturated carbocycles. The summed E-state index contributed by atoms with van der Waals surface area (Å²) in [5, 5.41) is 3.32. The first-order chi connectivity index (χ1) is 11.6. The van der Waals surface area contributed by atoms with Gasteiger partial charge < -0.3 is 0 Å². The molecule has 0 N–H and O–H groups in total. The van der Waals surface area contributed by atoms with Crippen LogP contribution < -0.4 is 5.56 Å². The second kappa shape index (κ2) is 6.47. The molecule has 0 spiro atoms. The van der Waals surface area contributed by atoms with E-state index in [1.54, 1.807) is 12.1 Å². The van der Waals surface area contributed by atoms with E-state index >= 15 is 0 Å². The van der Waals surface area contributed by atoms with Crippen molar-refractivity contribution in [2.24, 2.45) is 5.11 Å². The van der Waals surface area contributed by atoms with Crippen molar-refractivity contribution >= 4 is 16.6 Å². The minimum atomic E-state index is -0.782. The molecule has 2 aromatic carbocycles. The molecule has 0 aliphatic carbocycles. The molecule has 0 amide bonds. The Kier molecular flexibility index (Phi) is 4.22. The molecule has 8 heteroatoms.